The van der Waals surface area contributed by atoms with Gasteiger partial charge in [-0.15, -0.1) is 0 Å². The fraction of sp³-hybridized carbons (Fsp3) is 0.929. The summed E-state index contributed by atoms with van der Waals surface area (Å²) < 4.78 is 0. The zero-order valence-electron chi connectivity index (χ0n) is 11.6. The number of nitriles is 1. The lowest BCUT2D eigenvalue weighted by atomic mass is 9.89. The number of nitrogens with zero attached hydrogens (tertiary/aromatic N) is 3. The average molecular weight is 250 g/mol. The molecular weight excluding hydrogens is 224 g/mol. The maximum atomic E-state index is 9.74. The van der Waals surface area contributed by atoms with Gasteiger partial charge in [-0.05, 0) is 45.3 Å². The van der Waals surface area contributed by atoms with Crippen molar-refractivity contribution >= 4 is 0 Å². The fourth-order valence-electron chi connectivity index (χ4n) is 3.26. The molecule has 1 N–H and O–H groups in total. The highest BCUT2D eigenvalue weighted by Gasteiger charge is 2.38. The van der Waals surface area contributed by atoms with Crippen molar-refractivity contribution in [2.75, 3.05) is 45.8 Å². The zero-order valence-corrected chi connectivity index (χ0v) is 11.6. The number of hydrogen-bond acceptors (Lipinski definition) is 4. The van der Waals surface area contributed by atoms with E-state index in [1.165, 1.54) is 6.42 Å². The summed E-state index contributed by atoms with van der Waals surface area (Å²) in [6.45, 7) is 9.80. The van der Waals surface area contributed by atoms with Crippen LogP contribution in [0.25, 0.3) is 0 Å². The molecule has 1 atom stereocenters. The van der Waals surface area contributed by atoms with Crippen molar-refractivity contribution < 1.29 is 0 Å². The van der Waals surface area contributed by atoms with Gasteiger partial charge in [-0.3, -0.25) is 4.90 Å². The first-order valence-electron chi connectivity index (χ1n) is 7.40. The quantitative estimate of drug-likeness (QED) is 0.795. The smallest absolute Gasteiger partial charge is 0.110 e. The van der Waals surface area contributed by atoms with E-state index < -0.39 is 0 Å². The third-order valence-electron chi connectivity index (χ3n) is 4.51. The summed E-state index contributed by atoms with van der Waals surface area (Å²) >= 11 is 0. The van der Waals surface area contributed by atoms with Crippen molar-refractivity contribution in [2.24, 2.45) is 0 Å². The molecule has 4 heteroatoms. The number of rotatable bonds is 2. The Morgan fingerprint density at radius 2 is 2.00 bits per heavy atom. The SMILES string of the molecule is CCN1CCCC(C#N)(N2CCCNCC2)CC1. The summed E-state index contributed by atoms with van der Waals surface area (Å²) in [5.41, 5.74) is -0.198. The third-order valence-corrected chi connectivity index (χ3v) is 4.51. The Kier molecular flexibility index (Phi) is 4.99. The Hall–Kier alpha value is -0.630. The molecule has 0 radical (unpaired) electrons. The second kappa shape index (κ2) is 6.51. The second-order valence-electron chi connectivity index (χ2n) is 5.52. The van der Waals surface area contributed by atoms with Gasteiger partial charge in [0.15, 0.2) is 0 Å². The Labute approximate surface area is 111 Å². The minimum Gasteiger partial charge on any atom is -0.315 e. The summed E-state index contributed by atoms with van der Waals surface area (Å²) in [5.74, 6) is 0. The normalized spacial score (nSPS) is 32.4. The van der Waals surface area contributed by atoms with Gasteiger partial charge in [-0.25, -0.2) is 0 Å². The minimum absolute atomic E-state index is 0.198. The van der Waals surface area contributed by atoms with Crippen molar-refractivity contribution in [1.29, 1.82) is 5.26 Å². The molecule has 0 bridgehead atoms. The molecule has 18 heavy (non-hydrogen) atoms. The van der Waals surface area contributed by atoms with Crippen LogP contribution in [0.2, 0.25) is 0 Å². The molecule has 4 nitrogen and oxygen atoms in total. The maximum Gasteiger partial charge on any atom is 0.110 e. The number of likely N-dealkylation sites (tertiary alicyclic amines) is 1. The van der Waals surface area contributed by atoms with E-state index in [-0.39, 0.29) is 5.54 Å². The van der Waals surface area contributed by atoms with E-state index in [4.69, 9.17) is 0 Å². The predicted octanol–water partition coefficient (Wildman–Crippen LogP) is 1.05. The summed E-state index contributed by atoms with van der Waals surface area (Å²) in [6, 6.07) is 2.67. The highest BCUT2D eigenvalue weighted by atomic mass is 15.2. The lowest BCUT2D eigenvalue weighted by Gasteiger charge is -2.37. The first-order chi connectivity index (χ1) is 8.80. The van der Waals surface area contributed by atoms with Crippen LogP contribution in [0, 0.1) is 11.3 Å². The van der Waals surface area contributed by atoms with Crippen LogP contribution in [0.3, 0.4) is 0 Å². The average Bonchev–Trinajstić information content (AvgIpc) is 2.79. The number of nitrogens with one attached hydrogen (secondary N) is 1. The van der Waals surface area contributed by atoms with Crippen LogP contribution in [0.4, 0.5) is 0 Å². The Balaban J connectivity index is 2.06. The largest absolute Gasteiger partial charge is 0.315 e. The van der Waals surface area contributed by atoms with Crippen molar-refractivity contribution in [3.63, 3.8) is 0 Å². The minimum atomic E-state index is -0.198. The van der Waals surface area contributed by atoms with E-state index in [0.717, 1.165) is 65.1 Å². The summed E-state index contributed by atoms with van der Waals surface area (Å²) in [4.78, 5) is 4.93. The van der Waals surface area contributed by atoms with E-state index in [1.807, 2.05) is 0 Å². The molecule has 0 spiro atoms. The van der Waals surface area contributed by atoms with Crippen molar-refractivity contribution in [1.82, 2.24) is 15.1 Å². The van der Waals surface area contributed by atoms with E-state index in [2.05, 4.69) is 28.1 Å². The van der Waals surface area contributed by atoms with Gasteiger partial charge < -0.3 is 10.2 Å². The predicted molar refractivity (Wildman–Crippen MR) is 73.4 cm³/mol. The molecule has 0 saturated carbocycles. The highest BCUT2D eigenvalue weighted by molar-refractivity contribution is 5.10. The summed E-state index contributed by atoms with van der Waals surface area (Å²) in [7, 11) is 0. The summed E-state index contributed by atoms with van der Waals surface area (Å²) in [5, 5.41) is 13.2. The van der Waals surface area contributed by atoms with Crippen LogP contribution in [-0.4, -0.2) is 61.2 Å². The Morgan fingerprint density at radius 1 is 1.11 bits per heavy atom. The molecule has 0 amide bonds. The van der Waals surface area contributed by atoms with Crippen molar-refractivity contribution in [2.45, 2.75) is 38.1 Å². The zero-order chi connectivity index (χ0) is 12.8. The molecule has 2 saturated heterocycles. The van der Waals surface area contributed by atoms with Gasteiger partial charge in [0.05, 0.1) is 6.07 Å². The lowest BCUT2D eigenvalue weighted by molar-refractivity contribution is 0.128. The van der Waals surface area contributed by atoms with Crippen LogP contribution in [0.1, 0.15) is 32.6 Å². The van der Waals surface area contributed by atoms with Gasteiger partial charge in [0.25, 0.3) is 0 Å². The van der Waals surface area contributed by atoms with E-state index in [1.54, 1.807) is 0 Å². The van der Waals surface area contributed by atoms with Gasteiger partial charge in [-0.2, -0.15) is 5.26 Å². The Morgan fingerprint density at radius 3 is 2.78 bits per heavy atom. The number of hydrogen-bond donors (Lipinski definition) is 1. The second-order valence-corrected chi connectivity index (χ2v) is 5.52. The molecule has 102 valence electrons. The van der Waals surface area contributed by atoms with Gasteiger partial charge in [0, 0.05) is 26.2 Å². The van der Waals surface area contributed by atoms with Gasteiger partial charge in [-0.1, -0.05) is 6.92 Å². The molecule has 2 aliphatic rings. The van der Waals surface area contributed by atoms with Gasteiger partial charge in [0.1, 0.15) is 5.54 Å². The van der Waals surface area contributed by atoms with Crippen LogP contribution in [-0.2, 0) is 0 Å². The first kappa shape index (κ1) is 13.8. The Bertz CT molecular complexity index is 291. The standard InChI is InChI=1S/C14H26N4/c1-2-17-9-3-5-14(13-15,6-11-17)18-10-4-7-16-8-12-18/h16H,2-12H2,1H3. The van der Waals surface area contributed by atoms with Crippen molar-refractivity contribution in [3.8, 4) is 6.07 Å². The van der Waals surface area contributed by atoms with Crippen LogP contribution in [0.15, 0.2) is 0 Å². The van der Waals surface area contributed by atoms with Crippen molar-refractivity contribution in [3.05, 3.63) is 0 Å². The van der Waals surface area contributed by atoms with Gasteiger partial charge in [0.2, 0.25) is 0 Å². The topological polar surface area (TPSA) is 42.3 Å². The molecule has 0 aromatic rings. The van der Waals surface area contributed by atoms with E-state index >= 15 is 0 Å². The highest BCUT2D eigenvalue weighted by Crippen LogP contribution is 2.29. The molecule has 2 heterocycles. The van der Waals surface area contributed by atoms with Crippen LogP contribution in [0.5, 0.6) is 0 Å². The van der Waals surface area contributed by atoms with Crippen LogP contribution < -0.4 is 5.32 Å². The molecule has 2 rings (SSSR count). The monoisotopic (exact) mass is 250 g/mol. The molecule has 2 fully saturated rings. The molecule has 0 aromatic heterocycles. The molecular formula is C14H26N4. The van der Waals surface area contributed by atoms with E-state index in [0.29, 0.717) is 0 Å². The first-order valence-corrected chi connectivity index (χ1v) is 7.40. The lowest BCUT2D eigenvalue weighted by Crippen LogP contribution is -2.49. The molecule has 1 unspecified atom stereocenters. The fourth-order valence-corrected chi connectivity index (χ4v) is 3.26. The molecule has 0 aromatic carbocycles. The molecule has 0 aliphatic carbocycles. The van der Waals surface area contributed by atoms with E-state index in [9.17, 15) is 5.26 Å². The van der Waals surface area contributed by atoms with Crippen LogP contribution >= 0.6 is 0 Å². The third kappa shape index (κ3) is 3.03. The summed E-state index contributed by atoms with van der Waals surface area (Å²) in [6.07, 6.45) is 4.38. The maximum absolute atomic E-state index is 9.74. The molecule has 2 aliphatic heterocycles. The van der Waals surface area contributed by atoms with Gasteiger partial charge >= 0.3 is 0 Å².